The van der Waals surface area contributed by atoms with Crippen LogP contribution in [0.1, 0.15) is 52.7 Å². The van der Waals surface area contributed by atoms with Crippen LogP contribution in [-0.4, -0.2) is 14.1 Å². The number of rotatable bonds is 8. The van der Waals surface area contributed by atoms with Gasteiger partial charge >= 0.3 is 332 Å². The van der Waals surface area contributed by atoms with Crippen molar-refractivity contribution in [3.05, 3.63) is 276 Å². The Balaban J connectivity index is 1.00. The molecule has 0 N–H and O–H groups in total. The number of fused-ring (bicyclic) bond motifs is 7. The second-order valence-electron chi connectivity index (χ2n) is 22.8. The van der Waals surface area contributed by atoms with Gasteiger partial charge in [-0.1, -0.05) is 87.5 Å². The summed E-state index contributed by atoms with van der Waals surface area (Å²) in [6.07, 6.45) is 1.95. The quantitative estimate of drug-likeness (QED) is 0.152. The van der Waals surface area contributed by atoms with Gasteiger partial charge in [0.25, 0.3) is 0 Å². The Kier molecular flexibility index (Phi) is 13.2. The van der Waals surface area contributed by atoms with Gasteiger partial charge in [0, 0.05) is 17.4 Å². The molecule has 12 aromatic rings. The third-order valence-corrected chi connectivity index (χ3v) is 16.5. The van der Waals surface area contributed by atoms with Crippen LogP contribution in [0.25, 0.3) is 66.9 Å². The average Bonchev–Trinajstić information content (AvgIpc) is 4.09. The molecule has 0 saturated carbocycles. The molecule has 13 rings (SSSR count). The maximum atomic E-state index is 7.18. The third kappa shape index (κ3) is 9.54. The Bertz CT molecular complexity index is 4320. The first-order valence-electron chi connectivity index (χ1n) is 27.7. The van der Waals surface area contributed by atoms with Crippen LogP contribution in [0, 0.1) is 3.80 Å². The summed E-state index contributed by atoms with van der Waals surface area (Å²) in [5.74, 6) is 2.21. The van der Waals surface area contributed by atoms with Crippen LogP contribution in [0.5, 0.6) is 11.5 Å². The Hall–Kier alpha value is -9.09. The van der Waals surface area contributed by atoms with Gasteiger partial charge in [0.1, 0.15) is 0 Å². The van der Waals surface area contributed by atoms with E-state index in [0.29, 0.717) is 11.5 Å². The molecule has 0 amide bonds. The van der Waals surface area contributed by atoms with Gasteiger partial charge in [0.2, 0.25) is 0 Å². The first-order chi connectivity index (χ1) is 39.4. The van der Waals surface area contributed by atoms with Gasteiger partial charge in [-0.3, -0.25) is 0 Å². The number of ether oxygens (including phenoxy) is 1. The average molecular weight is 1230 g/mol. The molecule has 81 heavy (non-hydrogen) atoms. The predicted molar refractivity (Wildman–Crippen MR) is 332 cm³/mol. The van der Waals surface area contributed by atoms with Crippen molar-refractivity contribution in [2.75, 3.05) is 9.80 Å². The molecule has 1 aliphatic heterocycles. The van der Waals surface area contributed by atoms with Crippen molar-refractivity contribution in [1.82, 2.24) is 14.1 Å². The van der Waals surface area contributed by atoms with Crippen molar-refractivity contribution < 1.29 is 24.1 Å². The number of hydrogen-bond donors (Lipinski definition) is 0. The summed E-state index contributed by atoms with van der Waals surface area (Å²) in [7, 11) is 0. The van der Waals surface area contributed by atoms with Crippen molar-refractivity contribution in [2.24, 2.45) is 0 Å². The molecule has 0 bridgehead atoms. The SMILES string of the molecule is CC(C)(C)c1ccnc(N2c3ccccc3-c3ccccc3N(c3ccccc3)c3ccccc3-c3ccc(Oc4cccc(-n5[c](=[Pt])n(-c6c(-c7ccccc7)cc(C(C)(C)C)cc6-c6ccccc6)c6ccccc65)c4)cc32)c1. The van der Waals surface area contributed by atoms with E-state index in [1.807, 2.05) is 6.20 Å². The summed E-state index contributed by atoms with van der Waals surface area (Å²) in [6.45, 7) is 13.7. The molecule has 0 spiro atoms. The Morgan fingerprint density at radius 1 is 0.358 bits per heavy atom. The zero-order valence-corrected chi connectivity index (χ0v) is 48.6. The van der Waals surface area contributed by atoms with Crippen molar-refractivity contribution >= 4 is 45.3 Å². The van der Waals surface area contributed by atoms with E-state index < -0.39 is 0 Å². The van der Waals surface area contributed by atoms with Crippen molar-refractivity contribution in [3.8, 4) is 67.4 Å². The molecule has 2 aromatic heterocycles. The van der Waals surface area contributed by atoms with Crippen molar-refractivity contribution in [3.63, 3.8) is 0 Å². The molecule has 1 aliphatic rings. The molecule has 3 heterocycles. The van der Waals surface area contributed by atoms with E-state index in [0.717, 1.165) is 93.8 Å². The van der Waals surface area contributed by atoms with Gasteiger partial charge in [-0.05, 0) is 41.3 Å². The van der Waals surface area contributed by atoms with E-state index in [1.165, 1.54) is 22.3 Å². The summed E-state index contributed by atoms with van der Waals surface area (Å²) in [5.41, 5.74) is 20.6. The normalized spacial score (nSPS) is 12.3. The monoisotopic (exact) mass is 1230 g/mol. The molecular formula is C74H61N5OPt. The standard InChI is InChI=1S/C74H61N5O.Pt/c1-73(2,3)53-43-44-75-71(47-53)79-67-38-21-18-34-60(67)59-33-16-19-36-65(59)78(55-29-14-9-15-30-55)66-37-20-17-35-61(66)62-42-41-58(49-70(62)79)80-57-32-24-31-56(48-57)76-50-77(69-40-23-22-39-68(69)76)72-63(51-25-10-7-11-26-51)45-54(74(4,5)6)46-64(72)52-27-12-8-13-28-52;/h7-49H,1-6H3;. The summed E-state index contributed by atoms with van der Waals surface area (Å²) in [4.78, 5) is 9.96. The summed E-state index contributed by atoms with van der Waals surface area (Å²) in [5, 5.41) is 0. The van der Waals surface area contributed by atoms with Crippen LogP contribution in [0.2, 0.25) is 0 Å². The first kappa shape index (κ1) is 51.4. The van der Waals surface area contributed by atoms with Gasteiger partial charge in [-0.25, -0.2) is 0 Å². The summed E-state index contributed by atoms with van der Waals surface area (Å²) >= 11 is 2.54. The Morgan fingerprint density at radius 3 is 1.40 bits per heavy atom. The number of imidazole rings is 1. The second-order valence-corrected chi connectivity index (χ2v) is 23.8. The molecule has 10 aromatic carbocycles. The number of pyridine rings is 1. The molecule has 0 fully saturated rings. The Labute approximate surface area is 485 Å². The van der Waals surface area contributed by atoms with Crippen LogP contribution < -0.4 is 14.5 Å². The number of anilines is 6. The second kappa shape index (κ2) is 20.9. The van der Waals surface area contributed by atoms with Gasteiger partial charge in [0.15, 0.2) is 0 Å². The fraction of sp³-hybridized carbons (Fsp3) is 0.108. The number of aromatic nitrogens is 3. The van der Waals surface area contributed by atoms with Crippen LogP contribution in [0.15, 0.2) is 261 Å². The minimum atomic E-state index is -0.129. The number of hydrogen-bond acceptors (Lipinski definition) is 4. The molecule has 0 radical (unpaired) electrons. The van der Waals surface area contributed by atoms with Crippen LogP contribution in [-0.2, 0) is 30.2 Å². The molecule has 0 saturated heterocycles. The zero-order valence-electron chi connectivity index (χ0n) is 46.3. The predicted octanol–water partition coefficient (Wildman–Crippen LogP) is 20.2. The van der Waals surface area contributed by atoms with Gasteiger partial charge in [0.05, 0.1) is 5.69 Å². The van der Waals surface area contributed by atoms with E-state index in [-0.39, 0.29) is 10.8 Å². The summed E-state index contributed by atoms with van der Waals surface area (Å²) in [6, 6.07) is 91.5. The maximum absolute atomic E-state index is 7.18. The Morgan fingerprint density at radius 2 is 0.827 bits per heavy atom. The van der Waals surface area contributed by atoms with Crippen LogP contribution in [0.3, 0.4) is 0 Å². The van der Waals surface area contributed by atoms with Gasteiger partial charge < -0.3 is 4.90 Å². The number of para-hydroxylation sites is 6. The fourth-order valence-corrected chi connectivity index (χ4v) is 12.5. The molecule has 6 nitrogen and oxygen atoms in total. The molecule has 0 atom stereocenters. The van der Waals surface area contributed by atoms with Crippen molar-refractivity contribution in [2.45, 2.75) is 52.4 Å². The molecule has 0 unspecified atom stereocenters. The van der Waals surface area contributed by atoms with E-state index in [2.05, 4.69) is 335 Å². The van der Waals surface area contributed by atoms with E-state index >= 15 is 0 Å². The molecule has 398 valence electrons. The van der Waals surface area contributed by atoms with E-state index in [9.17, 15) is 0 Å². The zero-order chi connectivity index (χ0) is 55.4. The number of benzene rings is 10. The fourth-order valence-electron chi connectivity index (χ4n) is 11.4. The van der Waals surface area contributed by atoms with Crippen molar-refractivity contribution in [1.29, 1.82) is 0 Å². The van der Waals surface area contributed by atoms with Gasteiger partial charge in [-0.15, -0.1) is 0 Å². The van der Waals surface area contributed by atoms with Crippen LogP contribution in [0.4, 0.5) is 34.3 Å². The number of nitrogens with zero attached hydrogens (tertiary/aromatic N) is 5. The van der Waals surface area contributed by atoms with Crippen LogP contribution >= 0.6 is 0 Å². The molecular weight excluding hydrogens is 1170 g/mol. The summed E-state index contributed by atoms with van der Waals surface area (Å²) < 4.78 is 13.0. The minimum absolute atomic E-state index is 0.0927. The van der Waals surface area contributed by atoms with Gasteiger partial charge in [-0.2, -0.15) is 0 Å². The molecule has 0 aliphatic carbocycles. The molecule has 7 heteroatoms. The van der Waals surface area contributed by atoms with E-state index in [1.54, 1.807) is 0 Å². The van der Waals surface area contributed by atoms with E-state index in [4.69, 9.17) is 9.72 Å². The topological polar surface area (TPSA) is 38.5 Å². The first-order valence-corrected chi connectivity index (χ1v) is 28.8. The third-order valence-electron chi connectivity index (χ3n) is 15.5.